The van der Waals surface area contributed by atoms with E-state index >= 15 is 0 Å². The van der Waals surface area contributed by atoms with Crippen molar-refractivity contribution in [3.05, 3.63) is 35.4 Å². The highest BCUT2D eigenvalue weighted by molar-refractivity contribution is 7.51. The predicted molar refractivity (Wildman–Crippen MR) is 73.2 cm³/mol. The molecule has 0 spiro atoms. The zero-order valence-electron chi connectivity index (χ0n) is 10.9. The van der Waals surface area contributed by atoms with Crippen LogP contribution < -0.4 is 0 Å². The zero-order valence-corrected chi connectivity index (χ0v) is 11.8. The topological polar surface area (TPSA) is 70.0 Å². The first-order chi connectivity index (χ1) is 9.03. The maximum absolute atomic E-state index is 10.8. The van der Waals surface area contributed by atoms with Gasteiger partial charge in [-0.2, -0.15) is 0 Å². The fraction of sp³-hybridized carbons (Fsp3) is 0.538. The van der Waals surface area contributed by atoms with Crippen LogP contribution in [-0.4, -0.2) is 47.2 Å². The summed E-state index contributed by atoms with van der Waals surface area (Å²) in [6, 6.07) is 7.96. The monoisotopic (exact) mass is 285 g/mol. The van der Waals surface area contributed by atoms with E-state index in [1.54, 1.807) is 0 Å². The Kier molecular flexibility index (Phi) is 5.13. The molecule has 1 fully saturated rings. The molecule has 1 saturated heterocycles. The molecule has 0 unspecified atom stereocenters. The van der Waals surface area contributed by atoms with Gasteiger partial charge >= 0.3 is 7.60 Å². The van der Waals surface area contributed by atoms with Gasteiger partial charge in [0, 0.05) is 19.6 Å². The molecule has 0 bridgehead atoms. The first-order valence-electron chi connectivity index (χ1n) is 6.45. The van der Waals surface area contributed by atoms with Crippen molar-refractivity contribution >= 4 is 7.60 Å². The van der Waals surface area contributed by atoms with Gasteiger partial charge in [-0.05, 0) is 17.5 Å². The van der Waals surface area contributed by atoms with E-state index < -0.39 is 7.60 Å². The summed E-state index contributed by atoms with van der Waals surface area (Å²) in [5.74, 6) is 0. The van der Waals surface area contributed by atoms with E-state index in [2.05, 4.69) is 4.90 Å². The van der Waals surface area contributed by atoms with Gasteiger partial charge in [-0.25, -0.2) is 0 Å². The molecule has 0 amide bonds. The minimum Gasteiger partial charge on any atom is -0.379 e. The SMILES string of the molecule is O=P(O)(O)CCc1ccc(CN2CCOCC2)cc1. The van der Waals surface area contributed by atoms with Crippen molar-refractivity contribution in [2.75, 3.05) is 32.5 Å². The van der Waals surface area contributed by atoms with Crippen molar-refractivity contribution in [3.8, 4) is 0 Å². The second-order valence-electron chi connectivity index (χ2n) is 4.84. The first kappa shape index (κ1) is 14.7. The van der Waals surface area contributed by atoms with Crippen LogP contribution in [0.3, 0.4) is 0 Å². The van der Waals surface area contributed by atoms with Crippen molar-refractivity contribution in [2.45, 2.75) is 13.0 Å². The largest absolute Gasteiger partial charge is 0.379 e. The highest BCUT2D eigenvalue weighted by atomic mass is 31.2. The predicted octanol–water partition coefficient (Wildman–Crippen LogP) is 1.24. The third kappa shape index (κ3) is 5.43. The van der Waals surface area contributed by atoms with Crippen LogP contribution in [0.1, 0.15) is 11.1 Å². The molecule has 0 aliphatic carbocycles. The van der Waals surface area contributed by atoms with Crippen molar-refractivity contribution in [1.29, 1.82) is 0 Å². The molecule has 1 aliphatic rings. The summed E-state index contributed by atoms with van der Waals surface area (Å²) < 4.78 is 16.1. The smallest absolute Gasteiger partial charge is 0.325 e. The van der Waals surface area contributed by atoms with Gasteiger partial charge in [-0.15, -0.1) is 0 Å². The van der Waals surface area contributed by atoms with E-state index in [4.69, 9.17) is 14.5 Å². The molecule has 1 aromatic carbocycles. The highest BCUT2D eigenvalue weighted by Crippen LogP contribution is 2.34. The third-order valence-electron chi connectivity index (χ3n) is 3.22. The van der Waals surface area contributed by atoms with E-state index in [1.807, 2.05) is 24.3 Å². The maximum atomic E-state index is 10.8. The van der Waals surface area contributed by atoms with Crippen LogP contribution in [0.15, 0.2) is 24.3 Å². The fourth-order valence-electron chi connectivity index (χ4n) is 2.10. The van der Waals surface area contributed by atoms with Crippen molar-refractivity contribution in [3.63, 3.8) is 0 Å². The second-order valence-corrected chi connectivity index (χ2v) is 6.62. The summed E-state index contributed by atoms with van der Waals surface area (Å²) in [4.78, 5) is 20.0. The highest BCUT2D eigenvalue weighted by Gasteiger charge is 2.13. The second kappa shape index (κ2) is 6.64. The summed E-state index contributed by atoms with van der Waals surface area (Å²) in [7, 11) is -3.89. The number of aryl methyl sites for hydroxylation is 1. The number of rotatable bonds is 5. The van der Waals surface area contributed by atoms with Crippen LogP contribution >= 0.6 is 7.60 Å². The van der Waals surface area contributed by atoms with Gasteiger partial charge in [0.25, 0.3) is 0 Å². The van der Waals surface area contributed by atoms with Crippen LogP contribution in [0.5, 0.6) is 0 Å². The quantitative estimate of drug-likeness (QED) is 0.797. The van der Waals surface area contributed by atoms with Gasteiger partial charge in [-0.1, -0.05) is 24.3 Å². The molecule has 5 nitrogen and oxygen atoms in total. The maximum Gasteiger partial charge on any atom is 0.325 e. The van der Waals surface area contributed by atoms with Gasteiger partial charge in [-0.3, -0.25) is 9.46 Å². The normalized spacial score (nSPS) is 17.6. The van der Waals surface area contributed by atoms with E-state index in [1.165, 1.54) is 5.56 Å². The van der Waals surface area contributed by atoms with Gasteiger partial charge in [0.1, 0.15) is 0 Å². The molecule has 0 saturated carbocycles. The Bertz CT molecular complexity index is 436. The molecule has 6 heteroatoms. The first-order valence-corrected chi connectivity index (χ1v) is 8.25. The number of hydrogen-bond donors (Lipinski definition) is 2. The van der Waals surface area contributed by atoms with Crippen LogP contribution in [0.2, 0.25) is 0 Å². The third-order valence-corrected chi connectivity index (χ3v) is 4.03. The minimum absolute atomic E-state index is 0.0875. The number of nitrogens with zero attached hydrogens (tertiary/aromatic N) is 1. The van der Waals surface area contributed by atoms with E-state index in [0.29, 0.717) is 6.42 Å². The van der Waals surface area contributed by atoms with Crippen molar-refractivity contribution in [1.82, 2.24) is 4.90 Å². The molecule has 0 aromatic heterocycles. The average molecular weight is 285 g/mol. The average Bonchev–Trinajstić information content (AvgIpc) is 2.38. The zero-order chi connectivity index (χ0) is 13.7. The Hall–Kier alpha value is -0.710. The lowest BCUT2D eigenvalue weighted by atomic mass is 10.1. The Morgan fingerprint density at radius 3 is 2.26 bits per heavy atom. The standard InChI is InChI=1S/C13H20NO4P/c15-19(16,17)10-5-12-1-3-13(4-2-12)11-14-6-8-18-9-7-14/h1-4H,5-11H2,(H2,15,16,17). The van der Waals surface area contributed by atoms with Crippen LogP contribution in [0.4, 0.5) is 0 Å². The summed E-state index contributed by atoms with van der Waals surface area (Å²) in [5.41, 5.74) is 2.19. The number of hydrogen-bond acceptors (Lipinski definition) is 3. The molecule has 1 heterocycles. The number of morpholine rings is 1. The molecule has 0 atom stereocenters. The van der Waals surface area contributed by atoms with Crippen molar-refractivity contribution in [2.24, 2.45) is 0 Å². The van der Waals surface area contributed by atoms with Crippen molar-refractivity contribution < 1.29 is 19.1 Å². The minimum atomic E-state index is -3.89. The number of benzene rings is 1. The van der Waals surface area contributed by atoms with Gasteiger partial charge in [0.15, 0.2) is 0 Å². The van der Waals surface area contributed by atoms with Gasteiger partial charge in [0.05, 0.1) is 19.4 Å². The van der Waals surface area contributed by atoms with E-state index in [0.717, 1.165) is 38.4 Å². The molecule has 19 heavy (non-hydrogen) atoms. The molecule has 2 N–H and O–H groups in total. The number of ether oxygens (including phenoxy) is 1. The van der Waals surface area contributed by atoms with Crippen LogP contribution in [-0.2, 0) is 22.3 Å². The van der Waals surface area contributed by atoms with E-state index in [-0.39, 0.29) is 6.16 Å². The molecule has 0 radical (unpaired) electrons. The lowest BCUT2D eigenvalue weighted by Gasteiger charge is -2.26. The molecular weight excluding hydrogens is 265 g/mol. The van der Waals surface area contributed by atoms with Gasteiger partial charge in [0.2, 0.25) is 0 Å². The Labute approximate surface area is 113 Å². The Morgan fingerprint density at radius 2 is 1.68 bits per heavy atom. The molecule has 1 aromatic rings. The van der Waals surface area contributed by atoms with Crippen LogP contribution in [0.25, 0.3) is 0 Å². The lowest BCUT2D eigenvalue weighted by molar-refractivity contribution is 0.0342. The fourth-order valence-corrected chi connectivity index (χ4v) is 2.65. The molecular formula is C13H20NO4P. The summed E-state index contributed by atoms with van der Waals surface area (Å²) in [5, 5.41) is 0. The molecule has 1 aliphatic heterocycles. The van der Waals surface area contributed by atoms with Gasteiger partial charge < -0.3 is 14.5 Å². The van der Waals surface area contributed by atoms with E-state index in [9.17, 15) is 4.57 Å². The molecule has 106 valence electrons. The van der Waals surface area contributed by atoms with Crippen LogP contribution in [0, 0.1) is 0 Å². The summed E-state index contributed by atoms with van der Waals surface area (Å²) >= 11 is 0. The molecule has 2 rings (SSSR count). The lowest BCUT2D eigenvalue weighted by Crippen LogP contribution is -2.35. The Balaban J connectivity index is 1.85. The summed E-state index contributed by atoms with van der Waals surface area (Å²) in [6.45, 7) is 4.41. The summed E-state index contributed by atoms with van der Waals surface area (Å²) in [6.07, 6.45) is 0.331. The Morgan fingerprint density at radius 1 is 1.11 bits per heavy atom.